The summed E-state index contributed by atoms with van der Waals surface area (Å²) in [7, 11) is 0. The summed E-state index contributed by atoms with van der Waals surface area (Å²) in [5.74, 6) is 0. The number of hydrogen-bond acceptors (Lipinski definition) is 1. The topological polar surface area (TPSA) is 3.24 Å². The fraction of sp³-hybridized carbons (Fsp3) is 0.0571. The quantitative estimate of drug-likeness (QED) is 0.139. The summed E-state index contributed by atoms with van der Waals surface area (Å²) in [6.07, 6.45) is 0. The Morgan fingerprint density at radius 2 is 0.634 bits per heavy atom. The summed E-state index contributed by atoms with van der Waals surface area (Å²) in [6, 6.07) is 101. The molecule has 1 heteroatoms. The predicted molar refractivity (Wildman–Crippen MR) is 298 cm³/mol. The second-order valence-electron chi connectivity index (χ2n) is 19.6. The fourth-order valence-electron chi connectivity index (χ4n) is 11.9. The summed E-state index contributed by atoms with van der Waals surface area (Å²) in [4.78, 5) is 2.50. The van der Waals surface area contributed by atoms with E-state index in [4.69, 9.17) is 0 Å². The van der Waals surface area contributed by atoms with E-state index >= 15 is 0 Å². The molecule has 0 atom stereocenters. The zero-order valence-electron chi connectivity index (χ0n) is 39.9. The molecule has 0 saturated heterocycles. The molecular formula is C70H51N. The van der Waals surface area contributed by atoms with Crippen LogP contribution in [0.15, 0.2) is 273 Å². The lowest BCUT2D eigenvalue weighted by Gasteiger charge is -2.35. The molecule has 11 aromatic rings. The van der Waals surface area contributed by atoms with Gasteiger partial charge in [0.2, 0.25) is 0 Å². The van der Waals surface area contributed by atoms with Crippen LogP contribution in [-0.2, 0) is 10.8 Å². The monoisotopic (exact) mass is 905 g/mol. The van der Waals surface area contributed by atoms with Crippen molar-refractivity contribution in [3.63, 3.8) is 0 Å². The Kier molecular flexibility index (Phi) is 10.1. The highest BCUT2D eigenvalue weighted by atomic mass is 15.1. The van der Waals surface area contributed by atoms with Gasteiger partial charge in [0, 0.05) is 22.4 Å². The van der Waals surface area contributed by atoms with Gasteiger partial charge in [0.05, 0.1) is 11.1 Å². The third-order valence-electron chi connectivity index (χ3n) is 15.4. The molecule has 0 heterocycles. The summed E-state index contributed by atoms with van der Waals surface area (Å²) >= 11 is 0. The van der Waals surface area contributed by atoms with Crippen LogP contribution in [0.1, 0.15) is 47.2 Å². The molecule has 0 bridgehead atoms. The van der Waals surface area contributed by atoms with Crippen LogP contribution in [0.2, 0.25) is 0 Å². The zero-order valence-corrected chi connectivity index (χ0v) is 39.9. The molecule has 1 nitrogen and oxygen atoms in total. The summed E-state index contributed by atoms with van der Waals surface area (Å²) < 4.78 is 0. The second kappa shape index (κ2) is 17.0. The second-order valence-corrected chi connectivity index (χ2v) is 19.6. The zero-order chi connectivity index (χ0) is 47.5. The molecule has 2 aliphatic rings. The van der Waals surface area contributed by atoms with Crippen molar-refractivity contribution in [3.8, 4) is 66.8 Å². The first-order valence-electron chi connectivity index (χ1n) is 24.8. The van der Waals surface area contributed by atoms with Gasteiger partial charge < -0.3 is 4.90 Å². The van der Waals surface area contributed by atoms with Gasteiger partial charge in [0.25, 0.3) is 0 Å². The van der Waals surface area contributed by atoms with Crippen molar-refractivity contribution in [3.05, 3.63) is 306 Å². The molecule has 0 N–H and O–H groups in total. The molecule has 13 rings (SSSR count). The molecule has 0 unspecified atom stereocenters. The SMILES string of the molecule is CC1(C)c2ccccc2-c2ccc(-c3cc4c(cc3N(c3ccc(-c5ccccc5)cc3)c3ccc(-c5ccc(-c6ccccc6)cc5)cc3)C(c3ccccc3)(c3ccccc3)c3ccccc3-4)cc21. The normalized spacial score (nSPS) is 13.4. The van der Waals surface area contributed by atoms with Crippen LogP contribution in [0.3, 0.4) is 0 Å². The number of hydrogen-bond donors (Lipinski definition) is 0. The molecule has 0 radical (unpaired) electrons. The summed E-state index contributed by atoms with van der Waals surface area (Å²) in [5, 5.41) is 0. The Hall–Kier alpha value is -8.78. The van der Waals surface area contributed by atoms with Gasteiger partial charge in [-0.1, -0.05) is 244 Å². The molecule has 0 aromatic heterocycles. The first-order valence-corrected chi connectivity index (χ1v) is 24.8. The van der Waals surface area contributed by atoms with Gasteiger partial charge in [-0.15, -0.1) is 0 Å². The van der Waals surface area contributed by atoms with Crippen LogP contribution in [0.5, 0.6) is 0 Å². The molecule has 11 aromatic carbocycles. The Morgan fingerprint density at radius 3 is 1.14 bits per heavy atom. The highest BCUT2D eigenvalue weighted by molar-refractivity contribution is 5.98. The van der Waals surface area contributed by atoms with Gasteiger partial charge in [0.15, 0.2) is 0 Å². The Bertz CT molecular complexity index is 3680. The van der Waals surface area contributed by atoms with E-state index in [-0.39, 0.29) is 5.41 Å². The van der Waals surface area contributed by atoms with Crippen molar-refractivity contribution in [1.29, 1.82) is 0 Å². The van der Waals surface area contributed by atoms with Crippen LogP contribution >= 0.6 is 0 Å². The van der Waals surface area contributed by atoms with Crippen LogP contribution < -0.4 is 4.90 Å². The van der Waals surface area contributed by atoms with E-state index < -0.39 is 5.41 Å². The number of rotatable bonds is 9. The molecule has 0 amide bonds. The number of benzene rings is 11. The Labute approximate surface area is 417 Å². The average Bonchev–Trinajstić information content (AvgIpc) is 3.86. The van der Waals surface area contributed by atoms with Crippen molar-refractivity contribution in [2.24, 2.45) is 0 Å². The molecule has 71 heavy (non-hydrogen) atoms. The molecule has 0 saturated carbocycles. The van der Waals surface area contributed by atoms with E-state index in [2.05, 4.69) is 292 Å². The third kappa shape index (κ3) is 6.91. The smallest absolute Gasteiger partial charge is 0.0714 e. The Morgan fingerprint density at radius 1 is 0.254 bits per heavy atom. The largest absolute Gasteiger partial charge is 0.310 e. The van der Waals surface area contributed by atoms with Crippen molar-refractivity contribution < 1.29 is 0 Å². The van der Waals surface area contributed by atoms with Crippen LogP contribution in [-0.4, -0.2) is 0 Å². The lowest BCUT2D eigenvalue weighted by Crippen LogP contribution is -2.28. The van der Waals surface area contributed by atoms with Crippen molar-refractivity contribution in [2.45, 2.75) is 24.7 Å². The lowest BCUT2D eigenvalue weighted by molar-refractivity contribution is 0.660. The minimum Gasteiger partial charge on any atom is -0.310 e. The summed E-state index contributed by atoms with van der Waals surface area (Å²) in [5.41, 5.74) is 25.0. The highest BCUT2D eigenvalue weighted by Gasteiger charge is 2.47. The molecule has 0 spiro atoms. The van der Waals surface area contributed by atoms with Gasteiger partial charge in [-0.05, 0) is 137 Å². The first kappa shape index (κ1) is 42.3. The van der Waals surface area contributed by atoms with E-state index in [0.717, 1.165) is 17.1 Å². The molecule has 0 fully saturated rings. The van der Waals surface area contributed by atoms with E-state index in [9.17, 15) is 0 Å². The van der Waals surface area contributed by atoms with Crippen LogP contribution in [0.25, 0.3) is 66.8 Å². The van der Waals surface area contributed by atoms with Gasteiger partial charge in [0.1, 0.15) is 0 Å². The van der Waals surface area contributed by atoms with E-state index in [0.29, 0.717) is 0 Å². The van der Waals surface area contributed by atoms with Crippen molar-refractivity contribution in [2.75, 3.05) is 4.90 Å². The molecule has 0 aliphatic heterocycles. The molecule has 2 aliphatic carbocycles. The summed E-state index contributed by atoms with van der Waals surface area (Å²) in [6.45, 7) is 4.76. The van der Waals surface area contributed by atoms with E-state index in [1.807, 2.05) is 0 Å². The van der Waals surface area contributed by atoms with Crippen LogP contribution in [0.4, 0.5) is 17.1 Å². The number of anilines is 3. The van der Waals surface area contributed by atoms with E-state index in [1.165, 1.54) is 100 Å². The van der Waals surface area contributed by atoms with Gasteiger partial charge in [-0.25, -0.2) is 0 Å². The standard InChI is InChI=1S/C70H51N/c1-69(2)64-29-17-15-27-59(64)61-44-39-54(45-66(61)69)62-46-63-60-28-16-18-30-65(60)70(55-23-11-5-12-24-55,56-25-13-6-14-26-56)67(63)47-68(62)71(57-40-35-52(36-41-57)49-21-9-4-10-22-49)58-42-37-53(38-43-58)51-33-31-50(32-34-51)48-19-7-3-8-20-48/h3-47H,1-2H3. The van der Waals surface area contributed by atoms with Gasteiger partial charge >= 0.3 is 0 Å². The average molecular weight is 906 g/mol. The van der Waals surface area contributed by atoms with Gasteiger partial charge in [-0.2, -0.15) is 0 Å². The number of nitrogens with zero attached hydrogens (tertiary/aromatic N) is 1. The first-order chi connectivity index (χ1) is 35.0. The lowest BCUT2D eigenvalue weighted by atomic mass is 9.67. The minimum absolute atomic E-state index is 0.163. The molecule has 336 valence electrons. The predicted octanol–water partition coefficient (Wildman–Crippen LogP) is 18.5. The maximum Gasteiger partial charge on any atom is 0.0714 e. The van der Waals surface area contributed by atoms with Crippen molar-refractivity contribution >= 4 is 17.1 Å². The maximum absolute atomic E-state index is 2.54. The maximum atomic E-state index is 2.54. The van der Waals surface area contributed by atoms with Crippen molar-refractivity contribution in [1.82, 2.24) is 0 Å². The van der Waals surface area contributed by atoms with Crippen LogP contribution in [0, 0.1) is 0 Å². The fourth-order valence-corrected chi connectivity index (χ4v) is 11.9. The minimum atomic E-state index is -0.581. The van der Waals surface area contributed by atoms with E-state index in [1.54, 1.807) is 0 Å². The third-order valence-corrected chi connectivity index (χ3v) is 15.4. The highest BCUT2D eigenvalue weighted by Crippen LogP contribution is 2.59. The Balaban J connectivity index is 1.07. The molecular weight excluding hydrogens is 855 g/mol. The number of fused-ring (bicyclic) bond motifs is 6. The van der Waals surface area contributed by atoms with Gasteiger partial charge in [-0.3, -0.25) is 0 Å².